The van der Waals surface area contributed by atoms with Crippen molar-refractivity contribution in [1.82, 2.24) is 10.6 Å². The van der Waals surface area contributed by atoms with E-state index in [2.05, 4.69) is 16.0 Å². The summed E-state index contributed by atoms with van der Waals surface area (Å²) in [6.45, 7) is 5.89. The summed E-state index contributed by atoms with van der Waals surface area (Å²) in [7, 11) is 0. The maximum absolute atomic E-state index is 12.4. The van der Waals surface area contributed by atoms with Gasteiger partial charge in [0.15, 0.2) is 0 Å². The van der Waals surface area contributed by atoms with Crippen molar-refractivity contribution < 1.29 is 14.3 Å². The second kappa shape index (κ2) is 8.33. The minimum Gasteiger partial charge on any atom is -0.444 e. The van der Waals surface area contributed by atoms with Crippen LogP contribution >= 0.6 is 0 Å². The van der Waals surface area contributed by atoms with Crippen molar-refractivity contribution in [3.8, 4) is 0 Å². The monoisotopic (exact) mass is 381 g/mol. The Morgan fingerprint density at radius 2 is 1.82 bits per heavy atom. The normalized spacial score (nSPS) is 17.4. The second-order valence-electron chi connectivity index (χ2n) is 7.95. The summed E-state index contributed by atoms with van der Waals surface area (Å²) in [5.74, 6) is -0.124. The van der Waals surface area contributed by atoms with Crippen molar-refractivity contribution in [3.63, 3.8) is 0 Å². The Morgan fingerprint density at radius 1 is 1.14 bits per heavy atom. The molecule has 0 aromatic heterocycles. The van der Waals surface area contributed by atoms with Gasteiger partial charge in [-0.2, -0.15) is 0 Å². The highest BCUT2D eigenvalue weighted by Crippen LogP contribution is 2.21. The van der Waals surface area contributed by atoms with Crippen LogP contribution in [-0.4, -0.2) is 36.2 Å². The van der Waals surface area contributed by atoms with Gasteiger partial charge in [0, 0.05) is 12.2 Å². The van der Waals surface area contributed by atoms with Crippen LogP contribution in [0.25, 0.3) is 0 Å². The molecule has 6 nitrogen and oxygen atoms in total. The van der Waals surface area contributed by atoms with Crippen LogP contribution in [0.4, 0.5) is 10.5 Å². The fourth-order valence-electron chi connectivity index (χ4n) is 3.22. The topological polar surface area (TPSA) is 79.5 Å². The molecule has 28 heavy (non-hydrogen) atoms. The molecule has 2 amide bonds. The first-order valence-electron chi connectivity index (χ1n) is 9.49. The summed E-state index contributed by atoms with van der Waals surface area (Å²) in [6.07, 6.45) is 0.134. The first-order valence-corrected chi connectivity index (χ1v) is 9.49. The highest BCUT2D eigenvalue weighted by Gasteiger charge is 2.29. The summed E-state index contributed by atoms with van der Waals surface area (Å²) in [6, 6.07) is 16.8. The highest BCUT2D eigenvalue weighted by molar-refractivity contribution is 6.00. The van der Waals surface area contributed by atoms with E-state index in [0.29, 0.717) is 18.5 Å². The third-order valence-corrected chi connectivity index (χ3v) is 4.48. The van der Waals surface area contributed by atoms with E-state index in [4.69, 9.17) is 4.74 Å². The zero-order chi connectivity index (χ0) is 20.1. The van der Waals surface area contributed by atoms with Gasteiger partial charge in [-0.1, -0.05) is 42.5 Å². The third kappa shape index (κ3) is 5.25. The van der Waals surface area contributed by atoms with Crippen molar-refractivity contribution in [2.75, 3.05) is 11.9 Å². The Morgan fingerprint density at radius 3 is 2.54 bits per heavy atom. The molecule has 3 rings (SSSR count). The second-order valence-corrected chi connectivity index (χ2v) is 7.95. The number of nitrogens with one attached hydrogen (secondary N) is 3. The maximum atomic E-state index is 12.4. The van der Waals surface area contributed by atoms with Gasteiger partial charge >= 0.3 is 6.09 Å². The first-order chi connectivity index (χ1) is 13.3. The molecule has 0 fully saturated rings. The number of hydrogen-bond acceptors (Lipinski definition) is 4. The summed E-state index contributed by atoms with van der Waals surface area (Å²) in [5.41, 5.74) is 1.86. The Labute approximate surface area is 165 Å². The lowest BCUT2D eigenvalue weighted by atomic mass is 9.99. The van der Waals surface area contributed by atoms with Crippen molar-refractivity contribution in [2.24, 2.45) is 0 Å². The van der Waals surface area contributed by atoms with Crippen LogP contribution in [0.5, 0.6) is 0 Å². The van der Waals surface area contributed by atoms with Gasteiger partial charge in [-0.3, -0.25) is 4.79 Å². The van der Waals surface area contributed by atoms with E-state index in [0.717, 1.165) is 11.3 Å². The largest absolute Gasteiger partial charge is 0.444 e. The average Bonchev–Trinajstić information content (AvgIpc) is 2.80. The van der Waals surface area contributed by atoms with Gasteiger partial charge in [0.05, 0.1) is 17.6 Å². The lowest BCUT2D eigenvalue weighted by Gasteiger charge is -2.30. The minimum absolute atomic E-state index is 0.124. The van der Waals surface area contributed by atoms with Crippen molar-refractivity contribution in [1.29, 1.82) is 0 Å². The number of anilines is 1. The Hall–Kier alpha value is -3.02. The molecule has 0 saturated carbocycles. The molecule has 0 spiro atoms. The van der Waals surface area contributed by atoms with E-state index in [1.165, 1.54) is 0 Å². The zero-order valence-electron chi connectivity index (χ0n) is 16.5. The minimum atomic E-state index is -0.584. The van der Waals surface area contributed by atoms with Crippen LogP contribution in [0.3, 0.4) is 0 Å². The van der Waals surface area contributed by atoms with Crippen LogP contribution in [0.2, 0.25) is 0 Å². The van der Waals surface area contributed by atoms with Gasteiger partial charge in [0.2, 0.25) is 0 Å². The molecule has 148 valence electrons. The zero-order valence-corrected chi connectivity index (χ0v) is 16.5. The van der Waals surface area contributed by atoms with Crippen LogP contribution in [-0.2, 0) is 11.2 Å². The molecular formula is C22H27N3O3. The van der Waals surface area contributed by atoms with Gasteiger partial charge in [0.25, 0.3) is 5.91 Å². The van der Waals surface area contributed by atoms with E-state index < -0.39 is 11.7 Å². The molecule has 0 unspecified atom stereocenters. The van der Waals surface area contributed by atoms with E-state index >= 15 is 0 Å². The molecule has 0 aliphatic carbocycles. The molecular weight excluding hydrogens is 354 g/mol. The third-order valence-electron chi connectivity index (χ3n) is 4.48. The lowest BCUT2D eigenvalue weighted by molar-refractivity contribution is 0.0499. The van der Waals surface area contributed by atoms with Crippen molar-refractivity contribution >= 4 is 17.7 Å². The Bertz CT molecular complexity index is 830. The predicted octanol–water partition coefficient (Wildman–Crippen LogP) is 3.35. The van der Waals surface area contributed by atoms with Gasteiger partial charge in [0.1, 0.15) is 5.60 Å². The van der Waals surface area contributed by atoms with Crippen LogP contribution in [0, 0.1) is 0 Å². The van der Waals surface area contributed by atoms with Gasteiger partial charge in [-0.15, -0.1) is 0 Å². The van der Waals surface area contributed by atoms with Crippen molar-refractivity contribution in [2.45, 2.75) is 44.9 Å². The molecule has 0 radical (unpaired) electrons. The number of rotatable bonds is 4. The number of fused-ring (bicyclic) bond motifs is 1. The van der Waals surface area contributed by atoms with E-state index in [1.54, 1.807) is 6.07 Å². The molecule has 6 heteroatoms. The SMILES string of the molecule is CC(C)(C)OC(=O)N[C@@H](Cc1ccccc1)[C@H]1CNC(=O)c2ccccc2N1. The molecule has 1 aliphatic heterocycles. The highest BCUT2D eigenvalue weighted by atomic mass is 16.6. The standard InChI is InChI=1S/C22H27N3O3/c1-22(2,3)28-21(27)25-18(13-15-9-5-4-6-10-15)19-14-23-20(26)16-11-7-8-12-17(16)24-19/h4-12,18-19,24H,13-14H2,1-3H3,(H,23,26)(H,25,27)/t18-,19+/m0/s1. The molecule has 2 atom stereocenters. The summed E-state index contributed by atoms with van der Waals surface area (Å²) >= 11 is 0. The summed E-state index contributed by atoms with van der Waals surface area (Å²) in [5, 5.41) is 9.36. The number of ether oxygens (including phenoxy) is 1. The quantitative estimate of drug-likeness (QED) is 0.759. The number of carbonyl (C=O) groups excluding carboxylic acids is 2. The molecule has 0 saturated heterocycles. The smallest absolute Gasteiger partial charge is 0.407 e. The van der Waals surface area contributed by atoms with Crippen LogP contribution in [0.1, 0.15) is 36.7 Å². The van der Waals surface area contributed by atoms with Crippen LogP contribution in [0.15, 0.2) is 54.6 Å². The molecule has 1 aliphatic rings. The fraction of sp³-hybridized carbons (Fsp3) is 0.364. The molecule has 3 N–H and O–H groups in total. The lowest BCUT2D eigenvalue weighted by Crippen LogP contribution is -2.52. The molecule has 2 aromatic carbocycles. The van der Waals surface area contributed by atoms with Crippen molar-refractivity contribution in [3.05, 3.63) is 65.7 Å². The molecule has 0 bridgehead atoms. The van der Waals surface area contributed by atoms with E-state index in [-0.39, 0.29) is 18.0 Å². The average molecular weight is 381 g/mol. The van der Waals surface area contributed by atoms with Gasteiger partial charge in [-0.25, -0.2) is 4.79 Å². The van der Waals surface area contributed by atoms with E-state index in [9.17, 15) is 9.59 Å². The number of benzene rings is 2. The Balaban J connectivity index is 1.83. The predicted molar refractivity (Wildman–Crippen MR) is 109 cm³/mol. The maximum Gasteiger partial charge on any atom is 0.407 e. The van der Waals surface area contributed by atoms with Crippen LogP contribution < -0.4 is 16.0 Å². The number of alkyl carbamates (subject to hydrolysis) is 1. The number of hydrogen-bond donors (Lipinski definition) is 3. The number of amides is 2. The van der Waals surface area contributed by atoms with Gasteiger partial charge < -0.3 is 20.7 Å². The summed E-state index contributed by atoms with van der Waals surface area (Å²) in [4.78, 5) is 24.8. The number of para-hydroxylation sites is 1. The number of carbonyl (C=O) groups is 2. The summed E-state index contributed by atoms with van der Waals surface area (Å²) < 4.78 is 5.45. The fourth-order valence-corrected chi connectivity index (χ4v) is 3.22. The van der Waals surface area contributed by atoms with Gasteiger partial charge in [-0.05, 0) is 44.9 Å². The molecule has 2 aromatic rings. The molecule has 1 heterocycles. The Kier molecular flexibility index (Phi) is 5.87. The first kappa shape index (κ1) is 19.7. The van der Waals surface area contributed by atoms with E-state index in [1.807, 2.05) is 69.3 Å².